The maximum Gasteiger partial charge on any atom is 0.228 e. The van der Waals surface area contributed by atoms with Crippen molar-refractivity contribution in [2.24, 2.45) is 0 Å². The van der Waals surface area contributed by atoms with Crippen molar-refractivity contribution in [2.45, 2.75) is 51.5 Å². The molecule has 0 spiro atoms. The van der Waals surface area contributed by atoms with Crippen LogP contribution in [0.25, 0.3) is 0 Å². The average Bonchev–Trinajstić information content (AvgIpc) is 2.85. The van der Waals surface area contributed by atoms with E-state index in [1.165, 1.54) is 11.1 Å². The number of likely N-dealkylation sites (tertiary alicyclic amines) is 1. The van der Waals surface area contributed by atoms with Crippen LogP contribution in [0.15, 0.2) is 54.9 Å². The molecule has 1 amide bonds. The van der Waals surface area contributed by atoms with Gasteiger partial charge < -0.3 is 0 Å². The van der Waals surface area contributed by atoms with Crippen molar-refractivity contribution in [3.63, 3.8) is 0 Å². The molecule has 0 atom stereocenters. The monoisotopic (exact) mass is 441 g/mol. The number of benzene rings is 1. The third kappa shape index (κ3) is 4.96. The number of aromatic nitrogens is 3. The predicted octanol–water partition coefficient (Wildman–Crippen LogP) is 4.08. The lowest BCUT2D eigenvalue weighted by Crippen LogP contribution is -2.39. The van der Waals surface area contributed by atoms with Gasteiger partial charge in [0.2, 0.25) is 5.91 Å². The number of hydrogen-bond donors (Lipinski definition) is 0. The molecule has 5 rings (SSSR count). The first kappa shape index (κ1) is 21.7. The zero-order chi connectivity index (χ0) is 22.6. The Hall–Kier alpha value is -3.12. The Morgan fingerprint density at radius 1 is 0.970 bits per heavy atom. The van der Waals surface area contributed by atoms with Crippen LogP contribution in [0.4, 0.5) is 5.82 Å². The minimum Gasteiger partial charge on any atom is -0.299 e. The van der Waals surface area contributed by atoms with E-state index in [0.29, 0.717) is 18.9 Å². The van der Waals surface area contributed by atoms with Crippen LogP contribution in [0.3, 0.4) is 0 Å². The van der Waals surface area contributed by atoms with Gasteiger partial charge in [0.25, 0.3) is 0 Å². The van der Waals surface area contributed by atoms with Crippen LogP contribution >= 0.6 is 0 Å². The molecule has 0 N–H and O–H groups in total. The fourth-order valence-electron chi connectivity index (χ4n) is 5.00. The summed E-state index contributed by atoms with van der Waals surface area (Å²) < 4.78 is 0. The number of pyridine rings is 1. The molecule has 1 aromatic carbocycles. The molecule has 0 radical (unpaired) electrons. The Kier molecular flexibility index (Phi) is 6.44. The number of piperidine rings is 1. The van der Waals surface area contributed by atoms with Gasteiger partial charge in [-0.15, -0.1) is 0 Å². The van der Waals surface area contributed by atoms with Gasteiger partial charge >= 0.3 is 0 Å². The Labute approximate surface area is 195 Å². The first-order valence-electron chi connectivity index (χ1n) is 12.0. The highest BCUT2D eigenvalue weighted by Gasteiger charge is 2.30. The molecule has 6 heteroatoms. The smallest absolute Gasteiger partial charge is 0.228 e. The molecule has 1 fully saturated rings. The minimum absolute atomic E-state index is 0.175. The molecule has 0 aliphatic carbocycles. The van der Waals surface area contributed by atoms with Crippen molar-refractivity contribution in [3.05, 3.63) is 83.1 Å². The van der Waals surface area contributed by atoms with Crippen LogP contribution in [0.5, 0.6) is 0 Å². The van der Waals surface area contributed by atoms with Crippen LogP contribution in [-0.4, -0.2) is 45.4 Å². The highest BCUT2D eigenvalue weighted by atomic mass is 16.2. The van der Waals surface area contributed by atoms with Crippen LogP contribution in [-0.2, 0) is 24.2 Å². The van der Waals surface area contributed by atoms with E-state index < -0.39 is 0 Å². The molecule has 4 heterocycles. The summed E-state index contributed by atoms with van der Waals surface area (Å²) in [6, 6.07) is 14.5. The van der Waals surface area contributed by atoms with E-state index in [4.69, 9.17) is 9.97 Å². The largest absolute Gasteiger partial charge is 0.299 e. The van der Waals surface area contributed by atoms with Crippen LogP contribution < -0.4 is 4.90 Å². The van der Waals surface area contributed by atoms with Gasteiger partial charge in [-0.2, -0.15) is 0 Å². The third-order valence-electron chi connectivity index (χ3n) is 6.90. The van der Waals surface area contributed by atoms with Gasteiger partial charge in [-0.25, -0.2) is 9.97 Å². The highest BCUT2D eigenvalue weighted by molar-refractivity contribution is 5.95. The standard InChI is InChI=1S/C27H31N5O/c1-20-24-9-10-25(33)32(17-11-21-6-3-2-4-7-21)27(24)30-26(29-20)23-12-15-31(16-13-23)19-22-8-5-14-28-18-22/h2-8,14,18,23H,9-13,15-17,19H2,1H3. The number of carbonyl (C=O) groups excluding carboxylic acids is 1. The second-order valence-corrected chi connectivity index (χ2v) is 9.16. The molecule has 0 bridgehead atoms. The molecule has 2 aromatic heterocycles. The van der Waals surface area contributed by atoms with Gasteiger partial charge in [0.15, 0.2) is 0 Å². The Bertz CT molecular complexity index is 1090. The first-order chi connectivity index (χ1) is 16.2. The lowest BCUT2D eigenvalue weighted by Gasteiger charge is -2.33. The zero-order valence-electron chi connectivity index (χ0n) is 19.3. The molecular weight excluding hydrogens is 410 g/mol. The average molecular weight is 442 g/mol. The second-order valence-electron chi connectivity index (χ2n) is 9.16. The molecule has 6 nitrogen and oxygen atoms in total. The second kappa shape index (κ2) is 9.79. The maximum absolute atomic E-state index is 12.8. The van der Waals surface area contributed by atoms with Crippen LogP contribution in [0.1, 0.15) is 53.4 Å². The third-order valence-corrected chi connectivity index (χ3v) is 6.90. The molecule has 33 heavy (non-hydrogen) atoms. The van der Waals surface area contributed by atoms with E-state index in [1.807, 2.05) is 41.6 Å². The van der Waals surface area contributed by atoms with Gasteiger partial charge in [0.1, 0.15) is 11.6 Å². The highest BCUT2D eigenvalue weighted by Crippen LogP contribution is 2.33. The number of hydrogen-bond acceptors (Lipinski definition) is 5. The lowest BCUT2D eigenvalue weighted by molar-refractivity contribution is -0.118. The van der Waals surface area contributed by atoms with Gasteiger partial charge in [-0.1, -0.05) is 36.4 Å². The molecular formula is C27H31N5O. The summed E-state index contributed by atoms with van der Waals surface area (Å²) in [7, 11) is 0. The summed E-state index contributed by atoms with van der Waals surface area (Å²) >= 11 is 0. The van der Waals surface area contributed by atoms with E-state index in [0.717, 1.165) is 68.2 Å². The summed E-state index contributed by atoms with van der Waals surface area (Å²) in [5.41, 5.74) is 4.67. The normalized spacial score (nSPS) is 17.2. The molecule has 0 unspecified atom stereocenters. The number of anilines is 1. The van der Waals surface area contributed by atoms with Crippen LogP contribution in [0.2, 0.25) is 0 Å². The Balaban J connectivity index is 1.30. The molecule has 0 saturated carbocycles. The molecule has 1 saturated heterocycles. The summed E-state index contributed by atoms with van der Waals surface area (Å²) in [6.45, 7) is 5.72. The number of rotatable bonds is 6. The maximum atomic E-state index is 12.8. The first-order valence-corrected chi connectivity index (χ1v) is 12.0. The molecule has 2 aliphatic rings. The van der Waals surface area contributed by atoms with Crippen molar-refractivity contribution in [1.82, 2.24) is 19.9 Å². The number of amides is 1. The van der Waals surface area contributed by atoms with Crippen molar-refractivity contribution in [1.29, 1.82) is 0 Å². The van der Waals surface area contributed by atoms with Crippen molar-refractivity contribution in [2.75, 3.05) is 24.5 Å². The Morgan fingerprint density at radius 2 is 1.76 bits per heavy atom. The summed E-state index contributed by atoms with van der Waals surface area (Å²) in [6.07, 6.45) is 7.95. The van der Waals surface area contributed by atoms with E-state index in [2.05, 4.69) is 35.0 Å². The Morgan fingerprint density at radius 3 is 2.52 bits per heavy atom. The summed E-state index contributed by atoms with van der Waals surface area (Å²) in [5.74, 6) is 2.27. The van der Waals surface area contributed by atoms with Crippen molar-refractivity contribution < 1.29 is 4.79 Å². The van der Waals surface area contributed by atoms with Crippen molar-refractivity contribution >= 4 is 11.7 Å². The van der Waals surface area contributed by atoms with Gasteiger partial charge in [0, 0.05) is 49.1 Å². The number of carbonyl (C=O) groups is 1. The topological polar surface area (TPSA) is 62.2 Å². The lowest BCUT2D eigenvalue weighted by atomic mass is 9.94. The minimum atomic E-state index is 0.175. The van der Waals surface area contributed by atoms with E-state index in [1.54, 1.807) is 0 Å². The number of nitrogens with zero attached hydrogens (tertiary/aromatic N) is 5. The fraction of sp³-hybridized carbons (Fsp3) is 0.407. The predicted molar refractivity (Wildman–Crippen MR) is 129 cm³/mol. The number of aryl methyl sites for hydroxylation is 1. The summed E-state index contributed by atoms with van der Waals surface area (Å²) in [4.78, 5) is 31.4. The van der Waals surface area contributed by atoms with Gasteiger partial charge in [0.05, 0.1) is 0 Å². The van der Waals surface area contributed by atoms with E-state index in [-0.39, 0.29) is 5.91 Å². The summed E-state index contributed by atoms with van der Waals surface area (Å²) in [5, 5.41) is 0. The fourth-order valence-corrected chi connectivity index (χ4v) is 5.00. The SMILES string of the molecule is Cc1nc(C2CCN(Cc3cccnc3)CC2)nc2c1CCC(=O)N2CCc1ccccc1. The van der Waals surface area contributed by atoms with E-state index in [9.17, 15) is 4.79 Å². The van der Waals surface area contributed by atoms with Crippen molar-refractivity contribution in [3.8, 4) is 0 Å². The van der Waals surface area contributed by atoms with Gasteiger partial charge in [-0.05, 0) is 62.9 Å². The quantitative estimate of drug-likeness (QED) is 0.577. The molecule has 170 valence electrons. The zero-order valence-corrected chi connectivity index (χ0v) is 19.3. The number of fused-ring (bicyclic) bond motifs is 1. The van der Waals surface area contributed by atoms with Crippen LogP contribution in [0, 0.1) is 6.92 Å². The van der Waals surface area contributed by atoms with Gasteiger partial charge in [-0.3, -0.25) is 19.6 Å². The molecule has 2 aliphatic heterocycles. The molecule has 3 aromatic rings. The van der Waals surface area contributed by atoms with E-state index >= 15 is 0 Å².